The zero-order valence-corrected chi connectivity index (χ0v) is 19.3. The van der Waals surface area contributed by atoms with Gasteiger partial charge in [0.2, 0.25) is 11.8 Å². The van der Waals surface area contributed by atoms with Crippen LogP contribution in [0.5, 0.6) is 0 Å². The van der Waals surface area contributed by atoms with E-state index < -0.39 is 6.04 Å². The van der Waals surface area contributed by atoms with E-state index in [9.17, 15) is 14.9 Å². The highest BCUT2D eigenvalue weighted by molar-refractivity contribution is 5.88. The lowest BCUT2D eigenvalue weighted by Crippen LogP contribution is -2.49. The Morgan fingerprint density at radius 1 is 1.24 bits per heavy atom. The number of likely N-dealkylation sites (tertiary alicyclic amines) is 2. The van der Waals surface area contributed by atoms with E-state index in [4.69, 9.17) is 11.0 Å². The third-order valence-corrected chi connectivity index (χ3v) is 6.25. The van der Waals surface area contributed by atoms with Gasteiger partial charge in [-0.2, -0.15) is 0 Å². The number of rotatable bonds is 6. The molecule has 2 amide bonds. The first kappa shape index (κ1) is 23.2. The van der Waals surface area contributed by atoms with Gasteiger partial charge in [-0.15, -0.1) is 0 Å². The van der Waals surface area contributed by atoms with E-state index >= 15 is 0 Å². The Balaban J connectivity index is 1.53. The molecule has 2 aliphatic heterocycles. The van der Waals surface area contributed by atoms with Crippen LogP contribution in [-0.2, 0) is 9.59 Å². The number of nitrogens with zero attached hydrogens (tertiary/aromatic N) is 4. The lowest BCUT2D eigenvalue weighted by molar-refractivity contribution is -0.140. The van der Waals surface area contributed by atoms with Gasteiger partial charge in [-0.05, 0) is 63.3 Å². The van der Waals surface area contributed by atoms with Crippen molar-refractivity contribution in [3.8, 4) is 6.07 Å². The average Bonchev–Trinajstić information content (AvgIpc) is 3.45. The summed E-state index contributed by atoms with van der Waals surface area (Å²) in [5.41, 5.74) is 1.24. The predicted octanol–water partition coefficient (Wildman–Crippen LogP) is 3.36. The van der Waals surface area contributed by atoms with Crippen LogP contribution >= 0.6 is 0 Å². The molecule has 2 fully saturated rings. The van der Waals surface area contributed by atoms with Crippen LogP contribution in [0.15, 0.2) is 40.2 Å². The molecule has 1 unspecified atom stereocenters. The molecule has 2 aliphatic rings. The van der Waals surface area contributed by atoms with E-state index in [2.05, 4.69) is 15.5 Å². The van der Waals surface area contributed by atoms with Gasteiger partial charge in [0, 0.05) is 30.7 Å². The molecule has 1 aromatic carbocycles. The van der Waals surface area contributed by atoms with E-state index in [1.165, 1.54) is 0 Å². The van der Waals surface area contributed by atoms with Gasteiger partial charge in [-0.1, -0.05) is 0 Å². The van der Waals surface area contributed by atoms with Gasteiger partial charge in [-0.3, -0.25) is 9.59 Å². The third-order valence-electron chi connectivity index (χ3n) is 6.25. The molecule has 1 aromatic heterocycles. The summed E-state index contributed by atoms with van der Waals surface area (Å²) in [6.07, 6.45) is 4.15. The lowest BCUT2D eigenvalue weighted by Gasteiger charge is -2.28. The smallest absolute Gasteiger partial charge is 0.300 e. The average molecular weight is 461 g/mol. The molecular formula is C25H28N6O3. The Morgan fingerprint density at radius 2 is 2.00 bits per heavy atom. The number of hydrogen-bond acceptors (Lipinski definition) is 6. The molecule has 2 aromatic rings. The van der Waals surface area contributed by atoms with Crippen LogP contribution in [0.2, 0.25) is 0 Å². The number of anilines is 1. The van der Waals surface area contributed by atoms with Crippen molar-refractivity contribution >= 4 is 28.5 Å². The first-order chi connectivity index (χ1) is 16.5. The lowest BCUT2D eigenvalue weighted by atomic mass is 10.1. The number of fused-ring (bicyclic) bond motifs is 1. The summed E-state index contributed by atoms with van der Waals surface area (Å²) in [5, 5.41) is 16.7. The highest BCUT2D eigenvalue weighted by Crippen LogP contribution is 2.24. The second kappa shape index (κ2) is 10.3. The van der Waals surface area contributed by atoms with E-state index in [0.29, 0.717) is 18.7 Å². The number of furan rings is 1. The van der Waals surface area contributed by atoms with Crippen LogP contribution < -0.4 is 10.6 Å². The maximum atomic E-state index is 13.3. The van der Waals surface area contributed by atoms with Crippen molar-refractivity contribution in [1.29, 1.82) is 5.26 Å². The standard InChI is InChI=1S/C25H28N6O3/c1-17-13-18-14-19(8-9-22(18)34-17)28-24(21(15-26)27-2)29-20-7-3-4-12-31(25(20)33)16-23(32)30-10-5-6-11-30/h8-9,13-14,20,28-29H,3-7,10-12,16H2,1H3/b24-21+. The molecule has 3 heterocycles. The highest BCUT2D eigenvalue weighted by atomic mass is 16.3. The van der Waals surface area contributed by atoms with E-state index in [0.717, 1.165) is 55.5 Å². The number of benzene rings is 1. The van der Waals surface area contributed by atoms with Crippen molar-refractivity contribution in [2.24, 2.45) is 0 Å². The Morgan fingerprint density at radius 3 is 2.74 bits per heavy atom. The molecule has 2 N–H and O–H groups in total. The zero-order chi connectivity index (χ0) is 24.1. The van der Waals surface area contributed by atoms with Crippen LogP contribution in [0.3, 0.4) is 0 Å². The summed E-state index contributed by atoms with van der Waals surface area (Å²) < 4.78 is 5.61. The molecule has 0 bridgehead atoms. The summed E-state index contributed by atoms with van der Waals surface area (Å²) in [7, 11) is 0. The molecule has 176 valence electrons. The van der Waals surface area contributed by atoms with Gasteiger partial charge < -0.3 is 24.9 Å². The number of hydrogen-bond donors (Lipinski definition) is 2. The molecule has 0 radical (unpaired) electrons. The number of nitriles is 1. The minimum absolute atomic E-state index is 0.0250. The molecule has 1 atom stereocenters. The van der Waals surface area contributed by atoms with E-state index in [-0.39, 0.29) is 29.9 Å². The van der Waals surface area contributed by atoms with Crippen molar-refractivity contribution in [3.63, 3.8) is 0 Å². The number of amides is 2. The van der Waals surface area contributed by atoms with Gasteiger partial charge >= 0.3 is 5.70 Å². The maximum Gasteiger partial charge on any atom is 0.300 e. The fourth-order valence-electron chi connectivity index (χ4n) is 4.50. The van der Waals surface area contributed by atoms with Gasteiger partial charge in [0.1, 0.15) is 23.2 Å². The zero-order valence-electron chi connectivity index (χ0n) is 19.3. The van der Waals surface area contributed by atoms with Crippen LogP contribution in [0.4, 0.5) is 5.69 Å². The molecule has 9 nitrogen and oxygen atoms in total. The molecule has 0 saturated carbocycles. The normalized spacial score (nSPS) is 19.3. The minimum Gasteiger partial charge on any atom is -0.461 e. The number of carbonyl (C=O) groups excluding carboxylic acids is 2. The monoisotopic (exact) mass is 460 g/mol. The summed E-state index contributed by atoms with van der Waals surface area (Å²) in [5.74, 6) is 0.756. The largest absolute Gasteiger partial charge is 0.461 e. The fourth-order valence-corrected chi connectivity index (χ4v) is 4.50. The van der Waals surface area contributed by atoms with Crippen molar-refractivity contribution < 1.29 is 14.0 Å². The Hall–Kier alpha value is -3.98. The van der Waals surface area contributed by atoms with Crippen molar-refractivity contribution in [3.05, 3.63) is 53.0 Å². The first-order valence-corrected chi connectivity index (χ1v) is 11.6. The first-order valence-electron chi connectivity index (χ1n) is 11.6. The maximum absolute atomic E-state index is 13.3. The molecule has 34 heavy (non-hydrogen) atoms. The van der Waals surface area contributed by atoms with Gasteiger partial charge in [0.05, 0.1) is 19.2 Å². The van der Waals surface area contributed by atoms with E-state index in [1.54, 1.807) is 11.0 Å². The summed E-state index contributed by atoms with van der Waals surface area (Å²) >= 11 is 0. The third kappa shape index (κ3) is 5.15. The second-order valence-electron chi connectivity index (χ2n) is 8.72. The molecule has 9 heteroatoms. The number of carbonyl (C=O) groups is 2. The number of aryl methyl sites for hydroxylation is 1. The molecule has 2 saturated heterocycles. The second-order valence-corrected chi connectivity index (χ2v) is 8.72. The summed E-state index contributed by atoms with van der Waals surface area (Å²) in [6, 6.07) is 8.65. The summed E-state index contributed by atoms with van der Waals surface area (Å²) in [6.45, 7) is 11.4. The Kier molecular flexibility index (Phi) is 7.03. The van der Waals surface area contributed by atoms with Crippen LogP contribution in [0.25, 0.3) is 15.8 Å². The molecule has 0 spiro atoms. The molecule has 4 rings (SSSR count). The van der Waals surface area contributed by atoms with Gasteiger partial charge in [-0.25, -0.2) is 10.1 Å². The topological polar surface area (TPSA) is 106 Å². The SMILES string of the molecule is [C-]#[N+]/C(C#N)=C(\Nc1ccc2oc(C)cc2c1)NC1CCCCN(CC(=O)N2CCCC2)C1=O. The van der Waals surface area contributed by atoms with Crippen molar-refractivity contribution in [1.82, 2.24) is 15.1 Å². The summed E-state index contributed by atoms with van der Waals surface area (Å²) in [4.78, 5) is 32.7. The number of allylic oxidation sites excluding steroid dienone is 1. The van der Waals surface area contributed by atoms with Crippen LogP contribution in [-0.4, -0.2) is 53.8 Å². The predicted molar refractivity (Wildman–Crippen MR) is 127 cm³/mol. The van der Waals surface area contributed by atoms with Crippen LogP contribution in [0.1, 0.15) is 37.9 Å². The van der Waals surface area contributed by atoms with E-state index in [1.807, 2.05) is 36.1 Å². The quantitative estimate of drug-likeness (QED) is 0.506. The molecular weight excluding hydrogens is 432 g/mol. The highest BCUT2D eigenvalue weighted by Gasteiger charge is 2.31. The number of nitrogens with one attached hydrogen (secondary N) is 2. The fraction of sp³-hybridized carbons (Fsp3) is 0.440. The minimum atomic E-state index is -0.638. The van der Waals surface area contributed by atoms with Crippen molar-refractivity contribution in [2.45, 2.75) is 45.1 Å². The van der Waals surface area contributed by atoms with Crippen LogP contribution in [0, 0.1) is 24.8 Å². The molecule has 0 aliphatic carbocycles. The van der Waals surface area contributed by atoms with Gasteiger partial charge in [0.15, 0.2) is 0 Å². The van der Waals surface area contributed by atoms with Gasteiger partial charge in [0.25, 0.3) is 0 Å². The van der Waals surface area contributed by atoms with Crippen molar-refractivity contribution in [2.75, 3.05) is 31.5 Å². The Bertz CT molecular complexity index is 1180. The Labute approximate surface area is 198 Å².